The van der Waals surface area contributed by atoms with Gasteiger partial charge < -0.3 is 15.4 Å². The van der Waals surface area contributed by atoms with Crippen molar-refractivity contribution in [3.8, 4) is 0 Å². The Kier molecular flexibility index (Phi) is 5.98. The molecule has 150 valence electrons. The van der Waals surface area contributed by atoms with E-state index in [0.717, 1.165) is 25.0 Å². The Morgan fingerprint density at radius 1 is 1.21 bits per heavy atom. The van der Waals surface area contributed by atoms with Gasteiger partial charge in [-0.3, -0.25) is 14.3 Å². The maximum Gasteiger partial charge on any atom is 0.416 e. The number of halogens is 3. The van der Waals surface area contributed by atoms with Gasteiger partial charge in [0, 0.05) is 18.5 Å². The van der Waals surface area contributed by atoms with E-state index in [4.69, 9.17) is 4.74 Å². The third kappa shape index (κ3) is 5.56. The molecule has 2 aromatic rings. The molecule has 2 heterocycles. The Bertz CT molecular complexity index is 845. The van der Waals surface area contributed by atoms with Crippen LogP contribution in [0, 0.1) is 0 Å². The number of hydrogen-bond donors (Lipinski definition) is 2. The summed E-state index contributed by atoms with van der Waals surface area (Å²) in [5, 5.41) is 9.04. The van der Waals surface area contributed by atoms with E-state index in [2.05, 4.69) is 15.7 Å². The lowest BCUT2D eigenvalue weighted by Gasteiger charge is -2.10. The molecule has 1 aromatic carbocycles. The highest BCUT2D eigenvalue weighted by Crippen LogP contribution is 2.30. The average Bonchev–Trinajstić information content (AvgIpc) is 3.26. The van der Waals surface area contributed by atoms with Crippen molar-refractivity contribution in [2.75, 3.05) is 17.2 Å². The zero-order valence-corrected chi connectivity index (χ0v) is 14.8. The lowest BCUT2D eigenvalue weighted by atomic mass is 10.2. The standard InChI is InChI=1S/C18H19F3N4O3/c19-18(20,21)12-3-1-4-13(7-12)23-17(27)11-25-10-14(9-22-25)24-16(26)8-15-5-2-6-28-15/h1,3-4,7,9-10,15H,2,5-6,8,11H2,(H,23,27)(H,24,26)/t15-/m0/s1. The first-order valence-corrected chi connectivity index (χ1v) is 8.70. The summed E-state index contributed by atoms with van der Waals surface area (Å²) in [4.78, 5) is 24.0. The molecular formula is C18H19F3N4O3. The van der Waals surface area contributed by atoms with Gasteiger partial charge in [0.15, 0.2) is 0 Å². The Morgan fingerprint density at radius 2 is 2.00 bits per heavy atom. The predicted octanol–water partition coefficient (Wildman–Crippen LogP) is 3.05. The fraction of sp³-hybridized carbons (Fsp3) is 0.389. The Morgan fingerprint density at radius 3 is 2.71 bits per heavy atom. The summed E-state index contributed by atoms with van der Waals surface area (Å²) in [6.45, 7) is 0.453. The maximum absolute atomic E-state index is 12.7. The van der Waals surface area contributed by atoms with Crippen molar-refractivity contribution < 1.29 is 27.5 Å². The van der Waals surface area contributed by atoms with E-state index in [9.17, 15) is 22.8 Å². The minimum absolute atomic E-state index is 0.0390. The molecule has 28 heavy (non-hydrogen) atoms. The largest absolute Gasteiger partial charge is 0.416 e. The number of carbonyl (C=O) groups excluding carboxylic acids is 2. The van der Waals surface area contributed by atoms with Gasteiger partial charge in [-0.1, -0.05) is 6.07 Å². The van der Waals surface area contributed by atoms with Crippen molar-refractivity contribution in [2.24, 2.45) is 0 Å². The van der Waals surface area contributed by atoms with Crippen LogP contribution < -0.4 is 10.6 Å². The third-order valence-corrected chi connectivity index (χ3v) is 4.13. The number of nitrogens with zero attached hydrogens (tertiary/aromatic N) is 2. The molecule has 1 saturated heterocycles. The second-order valence-corrected chi connectivity index (χ2v) is 6.44. The summed E-state index contributed by atoms with van der Waals surface area (Å²) >= 11 is 0. The highest BCUT2D eigenvalue weighted by Gasteiger charge is 2.30. The number of alkyl halides is 3. The van der Waals surface area contributed by atoms with Crippen molar-refractivity contribution in [3.05, 3.63) is 42.2 Å². The molecule has 7 nitrogen and oxygen atoms in total. The minimum Gasteiger partial charge on any atom is -0.378 e. The van der Waals surface area contributed by atoms with E-state index in [1.807, 2.05) is 0 Å². The van der Waals surface area contributed by atoms with Crippen molar-refractivity contribution in [1.29, 1.82) is 0 Å². The molecule has 3 rings (SSSR count). The number of carbonyl (C=O) groups is 2. The van der Waals surface area contributed by atoms with E-state index < -0.39 is 17.6 Å². The molecule has 1 aliphatic heterocycles. The van der Waals surface area contributed by atoms with Crippen LogP contribution in [-0.2, 0) is 27.0 Å². The molecule has 1 aliphatic rings. The molecule has 0 spiro atoms. The number of hydrogen-bond acceptors (Lipinski definition) is 4. The number of ether oxygens (including phenoxy) is 1. The molecule has 1 aromatic heterocycles. The zero-order valence-electron chi connectivity index (χ0n) is 14.8. The lowest BCUT2D eigenvalue weighted by Crippen LogP contribution is -2.20. The number of rotatable bonds is 6. The van der Waals surface area contributed by atoms with E-state index >= 15 is 0 Å². The van der Waals surface area contributed by atoms with E-state index in [0.29, 0.717) is 12.3 Å². The molecule has 0 aliphatic carbocycles. The van der Waals surface area contributed by atoms with E-state index in [-0.39, 0.29) is 30.7 Å². The van der Waals surface area contributed by atoms with Gasteiger partial charge in [-0.25, -0.2) is 0 Å². The van der Waals surface area contributed by atoms with Crippen molar-refractivity contribution >= 4 is 23.2 Å². The van der Waals surface area contributed by atoms with Crippen LogP contribution in [0.1, 0.15) is 24.8 Å². The molecule has 0 unspecified atom stereocenters. The van der Waals surface area contributed by atoms with Gasteiger partial charge in [-0.05, 0) is 31.0 Å². The van der Waals surface area contributed by atoms with Crippen LogP contribution in [0.4, 0.5) is 24.5 Å². The maximum atomic E-state index is 12.7. The van der Waals surface area contributed by atoms with Crippen LogP contribution in [-0.4, -0.2) is 34.3 Å². The first-order chi connectivity index (χ1) is 13.3. The molecule has 10 heteroatoms. The Labute approximate surface area is 158 Å². The first-order valence-electron chi connectivity index (χ1n) is 8.70. The highest BCUT2D eigenvalue weighted by atomic mass is 19.4. The second kappa shape index (κ2) is 8.42. The summed E-state index contributed by atoms with van der Waals surface area (Å²) in [6.07, 6.45) is 0.345. The number of aromatic nitrogens is 2. The van der Waals surface area contributed by atoms with Crippen LogP contribution >= 0.6 is 0 Å². The third-order valence-electron chi connectivity index (χ3n) is 4.13. The monoisotopic (exact) mass is 396 g/mol. The molecule has 2 N–H and O–H groups in total. The Hall–Kier alpha value is -2.88. The molecule has 1 atom stereocenters. The smallest absolute Gasteiger partial charge is 0.378 e. The van der Waals surface area contributed by atoms with Crippen LogP contribution in [0.15, 0.2) is 36.7 Å². The van der Waals surface area contributed by atoms with Crippen LogP contribution in [0.25, 0.3) is 0 Å². The van der Waals surface area contributed by atoms with Crippen molar-refractivity contribution in [3.63, 3.8) is 0 Å². The summed E-state index contributed by atoms with van der Waals surface area (Å²) in [5.41, 5.74) is -0.382. The summed E-state index contributed by atoms with van der Waals surface area (Å²) in [7, 11) is 0. The van der Waals surface area contributed by atoms with E-state index in [1.165, 1.54) is 29.2 Å². The van der Waals surface area contributed by atoms with Gasteiger partial charge >= 0.3 is 6.18 Å². The van der Waals surface area contributed by atoms with Crippen LogP contribution in [0.2, 0.25) is 0 Å². The predicted molar refractivity (Wildman–Crippen MR) is 94.5 cm³/mol. The number of nitrogens with one attached hydrogen (secondary N) is 2. The summed E-state index contributed by atoms with van der Waals surface area (Å²) in [5.74, 6) is -0.750. The SMILES string of the molecule is O=C(C[C@@H]1CCCO1)Nc1cnn(CC(=O)Nc2cccc(C(F)(F)F)c2)c1. The molecular weight excluding hydrogens is 377 g/mol. The normalized spacial score (nSPS) is 16.8. The molecule has 0 bridgehead atoms. The number of benzene rings is 1. The van der Waals surface area contributed by atoms with Gasteiger partial charge in [0.05, 0.1) is 30.0 Å². The number of amides is 2. The highest BCUT2D eigenvalue weighted by molar-refractivity contribution is 5.91. The topological polar surface area (TPSA) is 85.2 Å². The molecule has 2 amide bonds. The quantitative estimate of drug-likeness (QED) is 0.786. The summed E-state index contributed by atoms with van der Waals surface area (Å²) in [6, 6.07) is 4.37. The summed E-state index contributed by atoms with van der Waals surface area (Å²) < 4.78 is 44.8. The number of anilines is 2. The van der Waals surface area contributed by atoms with Gasteiger partial charge in [-0.15, -0.1) is 0 Å². The van der Waals surface area contributed by atoms with Gasteiger partial charge in [0.1, 0.15) is 6.54 Å². The van der Waals surface area contributed by atoms with Crippen LogP contribution in [0.3, 0.4) is 0 Å². The van der Waals surface area contributed by atoms with Crippen LogP contribution in [0.5, 0.6) is 0 Å². The Balaban J connectivity index is 1.51. The van der Waals surface area contributed by atoms with Gasteiger partial charge in [0.25, 0.3) is 0 Å². The second-order valence-electron chi connectivity index (χ2n) is 6.44. The average molecular weight is 396 g/mol. The van der Waals surface area contributed by atoms with E-state index in [1.54, 1.807) is 0 Å². The zero-order chi connectivity index (χ0) is 20.1. The molecule has 0 saturated carbocycles. The van der Waals surface area contributed by atoms with Gasteiger partial charge in [0.2, 0.25) is 11.8 Å². The first kappa shape index (κ1) is 19.9. The lowest BCUT2D eigenvalue weighted by molar-refractivity contribution is -0.137. The molecule has 0 radical (unpaired) electrons. The fourth-order valence-corrected chi connectivity index (χ4v) is 2.86. The fourth-order valence-electron chi connectivity index (χ4n) is 2.86. The van der Waals surface area contributed by atoms with Gasteiger partial charge in [-0.2, -0.15) is 18.3 Å². The van der Waals surface area contributed by atoms with Crippen molar-refractivity contribution in [2.45, 2.75) is 38.1 Å². The minimum atomic E-state index is -4.49. The van der Waals surface area contributed by atoms with Crippen molar-refractivity contribution in [1.82, 2.24) is 9.78 Å². The molecule has 1 fully saturated rings.